The molecule has 5 nitrogen and oxygen atoms in total. The van der Waals surface area contributed by atoms with E-state index < -0.39 is 10.0 Å². The van der Waals surface area contributed by atoms with Crippen molar-refractivity contribution in [3.63, 3.8) is 0 Å². The quantitative estimate of drug-likeness (QED) is 0.495. The molecule has 3 aromatic rings. The molecule has 8 heteroatoms. The second kappa shape index (κ2) is 8.90. The number of sulfonamides is 1. The summed E-state index contributed by atoms with van der Waals surface area (Å²) < 4.78 is 27.9. The van der Waals surface area contributed by atoms with Crippen molar-refractivity contribution in [1.82, 2.24) is 0 Å². The van der Waals surface area contributed by atoms with Crippen LogP contribution in [0.5, 0.6) is 0 Å². The first-order valence-corrected chi connectivity index (χ1v) is 11.7. The monoisotopic (exact) mass is 446 g/mol. The van der Waals surface area contributed by atoms with Crippen LogP contribution < -0.4 is 10.0 Å². The van der Waals surface area contributed by atoms with Crippen molar-refractivity contribution in [2.75, 3.05) is 16.3 Å². The van der Waals surface area contributed by atoms with E-state index in [9.17, 15) is 13.2 Å². The molecule has 0 aromatic heterocycles. The lowest BCUT2D eigenvalue weighted by Gasteiger charge is -2.12. The lowest BCUT2D eigenvalue weighted by Crippen LogP contribution is -2.15. The van der Waals surface area contributed by atoms with Gasteiger partial charge in [-0.15, -0.1) is 11.8 Å². The molecule has 0 aliphatic carbocycles. The van der Waals surface area contributed by atoms with Crippen molar-refractivity contribution in [3.05, 3.63) is 82.9 Å². The van der Waals surface area contributed by atoms with Gasteiger partial charge in [0.1, 0.15) is 0 Å². The molecule has 0 heterocycles. The van der Waals surface area contributed by atoms with Gasteiger partial charge in [0.25, 0.3) is 15.9 Å². The largest absolute Gasteiger partial charge is 0.322 e. The molecule has 0 aliphatic heterocycles. The molecule has 3 rings (SSSR count). The van der Waals surface area contributed by atoms with Crippen LogP contribution in [0.3, 0.4) is 0 Å². The van der Waals surface area contributed by atoms with Crippen molar-refractivity contribution >= 4 is 50.7 Å². The highest BCUT2D eigenvalue weighted by Crippen LogP contribution is 2.26. The fourth-order valence-corrected chi connectivity index (χ4v) is 4.56. The predicted octanol–water partition coefficient (Wildman–Crippen LogP) is 5.42. The highest BCUT2D eigenvalue weighted by atomic mass is 35.5. The SMILES string of the molecule is CSc1ccccc1C(=O)Nc1ccc(S(=O)(=O)Nc2cccc(Cl)c2C)cc1. The molecule has 29 heavy (non-hydrogen) atoms. The van der Waals surface area contributed by atoms with Crippen LogP contribution in [0.15, 0.2) is 76.5 Å². The summed E-state index contributed by atoms with van der Waals surface area (Å²) in [5, 5.41) is 3.27. The third-order valence-electron chi connectivity index (χ3n) is 4.29. The Morgan fingerprint density at radius 1 is 0.966 bits per heavy atom. The Morgan fingerprint density at radius 2 is 1.66 bits per heavy atom. The Balaban J connectivity index is 1.77. The number of thioether (sulfide) groups is 1. The highest BCUT2D eigenvalue weighted by Gasteiger charge is 2.17. The van der Waals surface area contributed by atoms with Crippen LogP contribution in [0.2, 0.25) is 5.02 Å². The molecule has 0 unspecified atom stereocenters. The summed E-state index contributed by atoms with van der Waals surface area (Å²) in [5.74, 6) is -0.252. The zero-order chi connectivity index (χ0) is 21.0. The van der Waals surface area contributed by atoms with Crippen molar-refractivity contribution in [1.29, 1.82) is 0 Å². The summed E-state index contributed by atoms with van der Waals surface area (Å²) >= 11 is 7.54. The minimum absolute atomic E-state index is 0.0828. The van der Waals surface area contributed by atoms with Crippen LogP contribution in [0.25, 0.3) is 0 Å². The maximum absolute atomic E-state index is 12.7. The topological polar surface area (TPSA) is 75.3 Å². The molecule has 0 saturated heterocycles. The summed E-state index contributed by atoms with van der Waals surface area (Å²) in [6.07, 6.45) is 1.90. The summed E-state index contributed by atoms with van der Waals surface area (Å²) in [6.45, 7) is 1.74. The van der Waals surface area contributed by atoms with E-state index in [2.05, 4.69) is 10.0 Å². The number of hydrogen-bond donors (Lipinski definition) is 2. The van der Waals surface area contributed by atoms with Gasteiger partial charge in [0.2, 0.25) is 0 Å². The van der Waals surface area contributed by atoms with Gasteiger partial charge in [-0.1, -0.05) is 29.8 Å². The molecule has 0 radical (unpaired) electrons. The van der Waals surface area contributed by atoms with Crippen molar-refractivity contribution in [2.24, 2.45) is 0 Å². The van der Waals surface area contributed by atoms with Gasteiger partial charge in [0, 0.05) is 15.6 Å². The van der Waals surface area contributed by atoms with Gasteiger partial charge < -0.3 is 5.32 Å². The molecule has 0 atom stereocenters. The summed E-state index contributed by atoms with van der Waals surface area (Å²) in [6, 6.07) is 18.3. The van der Waals surface area contributed by atoms with E-state index in [1.165, 1.54) is 23.9 Å². The lowest BCUT2D eigenvalue weighted by atomic mass is 10.2. The molecule has 3 aromatic carbocycles. The number of rotatable bonds is 6. The van der Waals surface area contributed by atoms with Crippen molar-refractivity contribution in [3.8, 4) is 0 Å². The molecule has 2 N–H and O–H groups in total. The second-order valence-electron chi connectivity index (χ2n) is 6.20. The number of nitrogens with one attached hydrogen (secondary N) is 2. The van der Waals surface area contributed by atoms with Gasteiger partial charge in [-0.3, -0.25) is 9.52 Å². The van der Waals surface area contributed by atoms with Crippen LogP contribution in [0.1, 0.15) is 15.9 Å². The van der Waals surface area contributed by atoms with Gasteiger partial charge in [0.05, 0.1) is 16.1 Å². The van der Waals surface area contributed by atoms with Crippen LogP contribution in [-0.2, 0) is 10.0 Å². The first-order valence-electron chi connectivity index (χ1n) is 8.64. The maximum atomic E-state index is 12.7. The zero-order valence-corrected chi connectivity index (χ0v) is 18.2. The minimum atomic E-state index is -3.79. The van der Waals surface area contributed by atoms with E-state index in [1.54, 1.807) is 49.4 Å². The van der Waals surface area contributed by atoms with Crippen LogP contribution >= 0.6 is 23.4 Å². The normalized spacial score (nSPS) is 11.1. The molecule has 150 valence electrons. The molecular formula is C21H19ClN2O3S2. The number of benzene rings is 3. The van der Waals surface area contributed by atoms with Gasteiger partial charge in [-0.2, -0.15) is 0 Å². The van der Waals surface area contributed by atoms with E-state index in [1.807, 2.05) is 18.4 Å². The number of amides is 1. The lowest BCUT2D eigenvalue weighted by molar-refractivity contribution is 0.102. The molecule has 1 amide bonds. The highest BCUT2D eigenvalue weighted by molar-refractivity contribution is 7.98. The van der Waals surface area contributed by atoms with E-state index in [4.69, 9.17) is 11.6 Å². The van der Waals surface area contributed by atoms with E-state index in [0.29, 0.717) is 27.5 Å². The average Bonchev–Trinajstić information content (AvgIpc) is 2.71. The first kappa shape index (κ1) is 21.2. The van der Waals surface area contributed by atoms with Crippen molar-refractivity contribution < 1.29 is 13.2 Å². The number of halogens is 1. The Morgan fingerprint density at radius 3 is 2.34 bits per heavy atom. The molecule has 0 aliphatic rings. The van der Waals surface area contributed by atoms with E-state index >= 15 is 0 Å². The van der Waals surface area contributed by atoms with Crippen molar-refractivity contribution in [2.45, 2.75) is 16.7 Å². The molecule has 0 bridgehead atoms. The maximum Gasteiger partial charge on any atom is 0.261 e. The smallest absolute Gasteiger partial charge is 0.261 e. The number of carbonyl (C=O) groups excluding carboxylic acids is 1. The Labute approximate surface area is 179 Å². The van der Waals surface area contributed by atoms with E-state index in [0.717, 1.165) is 4.90 Å². The van der Waals surface area contributed by atoms with E-state index in [-0.39, 0.29) is 10.8 Å². The van der Waals surface area contributed by atoms with Gasteiger partial charge >= 0.3 is 0 Å². The standard InChI is InChI=1S/C21H19ClN2O3S2/c1-14-18(22)7-5-8-19(14)24-29(26,27)16-12-10-15(11-13-16)23-21(25)17-6-3-4-9-20(17)28-2/h3-13,24H,1-2H3,(H,23,25). The fraction of sp³-hybridized carbons (Fsp3) is 0.0952. The van der Waals surface area contributed by atoms with Crippen LogP contribution in [0.4, 0.5) is 11.4 Å². The third kappa shape index (κ3) is 4.93. The Kier molecular flexibility index (Phi) is 6.52. The van der Waals surface area contributed by atoms with Crippen LogP contribution in [0, 0.1) is 6.92 Å². The molecule has 0 spiro atoms. The third-order valence-corrected chi connectivity index (χ3v) is 6.87. The molecule has 0 saturated carbocycles. The fourth-order valence-electron chi connectivity index (χ4n) is 2.67. The second-order valence-corrected chi connectivity index (χ2v) is 9.13. The summed E-state index contributed by atoms with van der Waals surface area (Å²) in [5.41, 5.74) is 2.14. The minimum Gasteiger partial charge on any atom is -0.322 e. The summed E-state index contributed by atoms with van der Waals surface area (Å²) in [4.78, 5) is 13.5. The number of hydrogen-bond acceptors (Lipinski definition) is 4. The predicted molar refractivity (Wildman–Crippen MR) is 120 cm³/mol. The Bertz CT molecular complexity index is 1150. The number of carbonyl (C=O) groups is 1. The van der Waals surface area contributed by atoms with Gasteiger partial charge in [0.15, 0.2) is 0 Å². The average molecular weight is 447 g/mol. The zero-order valence-electron chi connectivity index (χ0n) is 15.8. The Hall–Kier alpha value is -2.48. The summed E-state index contributed by atoms with van der Waals surface area (Å²) in [7, 11) is -3.79. The number of anilines is 2. The first-order chi connectivity index (χ1) is 13.8. The van der Waals surface area contributed by atoms with Gasteiger partial charge in [-0.05, 0) is 67.3 Å². The van der Waals surface area contributed by atoms with Gasteiger partial charge in [-0.25, -0.2) is 8.42 Å². The molecule has 0 fully saturated rings. The molecular weight excluding hydrogens is 428 g/mol. The van der Waals surface area contributed by atoms with Crippen LogP contribution in [-0.4, -0.2) is 20.6 Å².